The highest BCUT2D eigenvalue weighted by Gasteiger charge is 2.29. The molecule has 1 amide bonds. The molecular formula is C23H23BrN2O4S2. The molecule has 1 N–H and O–H groups in total. The molecular weight excluding hydrogens is 512 g/mol. The van der Waals surface area contributed by atoms with E-state index in [1.54, 1.807) is 0 Å². The van der Waals surface area contributed by atoms with E-state index in [0.717, 1.165) is 48.4 Å². The van der Waals surface area contributed by atoms with E-state index < -0.39 is 0 Å². The first-order chi connectivity index (χ1) is 15.6. The summed E-state index contributed by atoms with van der Waals surface area (Å²) >= 11 is 9.98. The van der Waals surface area contributed by atoms with Gasteiger partial charge in [0, 0.05) is 29.7 Å². The van der Waals surface area contributed by atoms with Crippen molar-refractivity contribution in [3.8, 4) is 5.75 Å². The molecule has 0 unspecified atom stereocenters. The summed E-state index contributed by atoms with van der Waals surface area (Å²) in [5.74, 6) is 0.883. The Morgan fingerprint density at radius 2 is 1.91 bits per heavy atom. The number of para-hydroxylation sites is 1. The second kappa shape index (κ2) is 11.3. The summed E-state index contributed by atoms with van der Waals surface area (Å²) in [7, 11) is 0. The molecule has 0 spiro atoms. The number of ether oxygens (including phenoxy) is 3. The van der Waals surface area contributed by atoms with Crippen molar-refractivity contribution in [3.05, 3.63) is 69.0 Å². The third-order valence-corrected chi connectivity index (χ3v) is 7.04. The zero-order valence-electron chi connectivity index (χ0n) is 17.3. The predicted molar refractivity (Wildman–Crippen MR) is 133 cm³/mol. The van der Waals surface area contributed by atoms with Gasteiger partial charge in [-0.15, -0.1) is 0 Å². The number of hydrogen-bond acceptors (Lipinski definition) is 7. The van der Waals surface area contributed by atoms with Crippen LogP contribution in [0.5, 0.6) is 5.75 Å². The van der Waals surface area contributed by atoms with Gasteiger partial charge in [0.05, 0.1) is 18.8 Å². The number of carbonyl (C=O) groups excluding carboxylic acids is 1. The smallest absolute Gasteiger partial charge is 0.267 e. The Morgan fingerprint density at radius 3 is 2.66 bits per heavy atom. The molecule has 4 rings (SSSR count). The highest BCUT2D eigenvalue weighted by Crippen LogP contribution is 2.37. The minimum absolute atomic E-state index is 0.248. The Morgan fingerprint density at radius 1 is 1.16 bits per heavy atom. The molecule has 2 aliphatic heterocycles. The van der Waals surface area contributed by atoms with Crippen molar-refractivity contribution in [3.63, 3.8) is 0 Å². The zero-order chi connectivity index (χ0) is 22.3. The van der Waals surface area contributed by atoms with E-state index in [1.807, 2.05) is 48.5 Å². The summed E-state index contributed by atoms with van der Waals surface area (Å²) < 4.78 is 19.2. The fourth-order valence-electron chi connectivity index (χ4n) is 3.38. The van der Waals surface area contributed by atoms with Gasteiger partial charge in [0.1, 0.15) is 33.9 Å². The van der Waals surface area contributed by atoms with Gasteiger partial charge < -0.3 is 19.5 Å². The SMILES string of the molecule is O=C1NC(=S)SC1=C(OCCN1CCOCC1)c1ccccc1OCc1ccccc1Br. The Kier molecular flexibility index (Phi) is 8.20. The average Bonchev–Trinajstić information content (AvgIpc) is 3.15. The zero-order valence-corrected chi connectivity index (χ0v) is 20.6. The van der Waals surface area contributed by atoms with Crippen LogP contribution in [0.4, 0.5) is 0 Å². The molecule has 0 saturated carbocycles. The summed E-state index contributed by atoms with van der Waals surface area (Å²) in [6.45, 7) is 4.78. The molecule has 2 fully saturated rings. The van der Waals surface area contributed by atoms with Gasteiger partial charge in [0.25, 0.3) is 5.91 Å². The summed E-state index contributed by atoms with van der Waals surface area (Å²) in [4.78, 5) is 15.3. The average molecular weight is 535 g/mol. The highest BCUT2D eigenvalue weighted by atomic mass is 79.9. The molecule has 2 aliphatic rings. The number of morpholine rings is 1. The molecule has 9 heteroatoms. The summed E-state index contributed by atoms with van der Waals surface area (Å²) in [6.07, 6.45) is 0. The molecule has 2 aromatic rings. The fourth-order valence-corrected chi connectivity index (χ4v) is 4.86. The van der Waals surface area contributed by atoms with Gasteiger partial charge in [0.2, 0.25) is 0 Å². The van der Waals surface area contributed by atoms with Crippen LogP contribution in [-0.4, -0.2) is 54.6 Å². The number of thiocarbonyl (C=S) groups is 1. The minimum atomic E-state index is -0.248. The minimum Gasteiger partial charge on any atom is -0.490 e. The van der Waals surface area contributed by atoms with Crippen LogP contribution in [0.3, 0.4) is 0 Å². The van der Waals surface area contributed by atoms with E-state index >= 15 is 0 Å². The van der Waals surface area contributed by atoms with Crippen molar-refractivity contribution in [1.29, 1.82) is 0 Å². The Hall–Kier alpha value is -1.91. The second-order valence-electron chi connectivity index (χ2n) is 7.18. The highest BCUT2D eigenvalue weighted by molar-refractivity contribution is 9.10. The van der Waals surface area contributed by atoms with Gasteiger partial charge in [-0.05, 0) is 18.2 Å². The number of thioether (sulfide) groups is 1. The molecule has 0 aromatic heterocycles. The van der Waals surface area contributed by atoms with Crippen molar-refractivity contribution in [2.75, 3.05) is 39.5 Å². The van der Waals surface area contributed by atoms with Crippen molar-refractivity contribution in [2.24, 2.45) is 0 Å². The number of hydrogen-bond donors (Lipinski definition) is 1. The maximum Gasteiger partial charge on any atom is 0.267 e. The van der Waals surface area contributed by atoms with E-state index in [1.165, 1.54) is 11.8 Å². The number of benzene rings is 2. The van der Waals surface area contributed by atoms with Crippen LogP contribution < -0.4 is 10.1 Å². The molecule has 0 aliphatic carbocycles. The van der Waals surface area contributed by atoms with Crippen LogP contribution >= 0.6 is 39.9 Å². The van der Waals surface area contributed by atoms with E-state index in [4.69, 9.17) is 26.4 Å². The molecule has 6 nitrogen and oxygen atoms in total. The standard InChI is InChI=1S/C23H23BrN2O4S2/c24-18-7-3-1-5-16(18)15-30-19-8-4-2-6-17(19)20(21-22(27)25-23(31)32-21)29-14-11-26-9-12-28-13-10-26/h1-8H,9-15H2,(H,25,27,31). The first-order valence-electron chi connectivity index (χ1n) is 10.3. The maximum absolute atomic E-state index is 12.6. The second-order valence-corrected chi connectivity index (χ2v) is 9.72. The van der Waals surface area contributed by atoms with E-state index in [0.29, 0.717) is 33.9 Å². The fraction of sp³-hybridized carbons (Fsp3) is 0.304. The summed E-state index contributed by atoms with van der Waals surface area (Å²) in [5.41, 5.74) is 1.75. The lowest BCUT2D eigenvalue weighted by Crippen LogP contribution is -2.38. The van der Waals surface area contributed by atoms with E-state index in [9.17, 15) is 4.79 Å². The molecule has 2 heterocycles. The van der Waals surface area contributed by atoms with Gasteiger partial charge in [-0.25, -0.2) is 0 Å². The summed E-state index contributed by atoms with van der Waals surface area (Å²) in [6, 6.07) is 15.5. The van der Waals surface area contributed by atoms with Crippen molar-refractivity contribution in [2.45, 2.75) is 6.61 Å². The van der Waals surface area contributed by atoms with Crippen LogP contribution in [-0.2, 0) is 20.9 Å². The number of halogens is 1. The van der Waals surface area contributed by atoms with Crippen molar-refractivity contribution < 1.29 is 19.0 Å². The molecule has 0 radical (unpaired) electrons. The number of carbonyl (C=O) groups is 1. The Labute approximate surface area is 205 Å². The van der Waals surface area contributed by atoms with Crippen LogP contribution in [0.25, 0.3) is 5.76 Å². The monoisotopic (exact) mass is 534 g/mol. The largest absolute Gasteiger partial charge is 0.490 e. The first-order valence-corrected chi connectivity index (χ1v) is 12.3. The van der Waals surface area contributed by atoms with Gasteiger partial charge in [0.15, 0.2) is 0 Å². The van der Waals surface area contributed by atoms with E-state index in [-0.39, 0.29) is 5.91 Å². The predicted octanol–water partition coefficient (Wildman–Crippen LogP) is 4.19. The lowest BCUT2D eigenvalue weighted by molar-refractivity contribution is -0.115. The molecule has 168 valence electrons. The molecule has 2 saturated heterocycles. The van der Waals surface area contributed by atoms with Gasteiger partial charge in [-0.1, -0.05) is 70.2 Å². The number of nitrogens with one attached hydrogen (secondary N) is 1. The van der Waals surface area contributed by atoms with Crippen LogP contribution in [0.2, 0.25) is 0 Å². The quantitative estimate of drug-likeness (QED) is 0.309. The van der Waals surface area contributed by atoms with Gasteiger partial charge in [-0.3, -0.25) is 9.69 Å². The third kappa shape index (κ3) is 5.90. The van der Waals surface area contributed by atoms with Crippen LogP contribution in [0.15, 0.2) is 57.9 Å². The number of rotatable bonds is 8. The van der Waals surface area contributed by atoms with Crippen LogP contribution in [0.1, 0.15) is 11.1 Å². The lowest BCUT2D eigenvalue weighted by Gasteiger charge is -2.26. The molecule has 0 bridgehead atoms. The maximum atomic E-state index is 12.6. The molecule has 32 heavy (non-hydrogen) atoms. The van der Waals surface area contributed by atoms with Gasteiger partial charge in [-0.2, -0.15) is 0 Å². The van der Waals surface area contributed by atoms with Gasteiger partial charge >= 0.3 is 0 Å². The Balaban J connectivity index is 1.57. The number of nitrogens with zero attached hydrogens (tertiary/aromatic N) is 1. The van der Waals surface area contributed by atoms with Crippen molar-refractivity contribution >= 4 is 55.9 Å². The molecule has 0 atom stereocenters. The first kappa shape index (κ1) is 23.3. The summed E-state index contributed by atoms with van der Waals surface area (Å²) in [5, 5.41) is 2.69. The lowest BCUT2D eigenvalue weighted by atomic mass is 10.1. The normalized spacial score (nSPS) is 18.4. The number of amides is 1. The van der Waals surface area contributed by atoms with E-state index in [2.05, 4.69) is 26.1 Å². The van der Waals surface area contributed by atoms with Crippen molar-refractivity contribution in [1.82, 2.24) is 10.2 Å². The Bertz CT molecular complexity index is 1020. The molecule has 2 aromatic carbocycles. The third-order valence-electron chi connectivity index (χ3n) is 5.05. The van der Waals surface area contributed by atoms with Crippen LogP contribution in [0, 0.1) is 0 Å². The topological polar surface area (TPSA) is 60.0 Å².